The van der Waals surface area contributed by atoms with Crippen molar-refractivity contribution in [3.63, 3.8) is 0 Å². The number of rotatable bonds is 8. The smallest absolute Gasteiger partial charge is 0.150 e. The Bertz CT molecular complexity index is 285. The van der Waals surface area contributed by atoms with Crippen LogP contribution in [0, 0.1) is 5.92 Å². The van der Waals surface area contributed by atoms with Gasteiger partial charge in [-0.25, -0.2) is 8.42 Å². The second-order valence-corrected chi connectivity index (χ2v) is 6.13. The van der Waals surface area contributed by atoms with E-state index in [-0.39, 0.29) is 29.6 Å². The molecular weight excluding hydrogens is 214 g/mol. The van der Waals surface area contributed by atoms with Crippen LogP contribution in [0.25, 0.3) is 0 Å². The molecule has 0 aliphatic carbocycles. The molecule has 0 aliphatic rings. The van der Waals surface area contributed by atoms with Gasteiger partial charge in [0.05, 0.1) is 5.75 Å². The highest BCUT2D eigenvalue weighted by Crippen LogP contribution is 2.03. The van der Waals surface area contributed by atoms with Gasteiger partial charge in [-0.1, -0.05) is 13.8 Å². The van der Waals surface area contributed by atoms with Crippen LogP contribution in [0.15, 0.2) is 0 Å². The summed E-state index contributed by atoms with van der Waals surface area (Å²) in [6.45, 7) is 4.24. The highest BCUT2D eigenvalue weighted by atomic mass is 32.2. The fourth-order valence-electron chi connectivity index (χ4n) is 1.34. The highest BCUT2D eigenvalue weighted by molar-refractivity contribution is 7.91. The van der Waals surface area contributed by atoms with Gasteiger partial charge < -0.3 is 5.32 Å². The van der Waals surface area contributed by atoms with Crippen molar-refractivity contribution in [3.05, 3.63) is 0 Å². The average molecular weight is 235 g/mol. The zero-order valence-electron chi connectivity index (χ0n) is 9.75. The first-order valence-electron chi connectivity index (χ1n) is 5.30. The van der Waals surface area contributed by atoms with Crippen LogP contribution in [-0.2, 0) is 14.6 Å². The van der Waals surface area contributed by atoms with Gasteiger partial charge in [0.1, 0.15) is 5.78 Å². The molecule has 0 aliphatic heterocycles. The minimum absolute atomic E-state index is 0.00622. The summed E-state index contributed by atoms with van der Waals surface area (Å²) in [6, 6.07) is 0. The minimum Gasteiger partial charge on any atom is -0.319 e. The van der Waals surface area contributed by atoms with Crippen molar-refractivity contribution in [3.8, 4) is 0 Å². The van der Waals surface area contributed by atoms with Gasteiger partial charge in [-0.2, -0.15) is 0 Å². The maximum Gasteiger partial charge on any atom is 0.150 e. The van der Waals surface area contributed by atoms with Crippen LogP contribution < -0.4 is 5.32 Å². The van der Waals surface area contributed by atoms with Crippen LogP contribution >= 0.6 is 0 Å². The summed E-state index contributed by atoms with van der Waals surface area (Å²) in [5.41, 5.74) is 0. The summed E-state index contributed by atoms with van der Waals surface area (Å²) in [5.74, 6) is 0.0878. The van der Waals surface area contributed by atoms with E-state index < -0.39 is 9.84 Å². The molecule has 0 saturated carbocycles. The van der Waals surface area contributed by atoms with Crippen molar-refractivity contribution < 1.29 is 13.2 Å². The Labute approximate surface area is 92.4 Å². The lowest BCUT2D eigenvalue weighted by Crippen LogP contribution is -2.25. The summed E-state index contributed by atoms with van der Waals surface area (Å²) in [4.78, 5) is 11.5. The molecular formula is C10H21NO3S. The minimum atomic E-state index is -3.02. The summed E-state index contributed by atoms with van der Waals surface area (Å²) in [5, 5.41) is 2.90. The molecule has 15 heavy (non-hydrogen) atoms. The quantitative estimate of drug-likeness (QED) is 0.670. The van der Waals surface area contributed by atoms with E-state index in [4.69, 9.17) is 0 Å². The molecule has 0 aromatic rings. The van der Waals surface area contributed by atoms with Crippen molar-refractivity contribution >= 4 is 15.6 Å². The number of sulfone groups is 1. The van der Waals surface area contributed by atoms with Gasteiger partial charge >= 0.3 is 0 Å². The van der Waals surface area contributed by atoms with Gasteiger partial charge in [-0.05, 0) is 13.5 Å². The largest absolute Gasteiger partial charge is 0.319 e. The number of hydrogen-bond donors (Lipinski definition) is 1. The molecule has 0 saturated heterocycles. The summed E-state index contributed by atoms with van der Waals surface area (Å²) < 4.78 is 22.7. The van der Waals surface area contributed by atoms with Gasteiger partial charge in [0.15, 0.2) is 9.84 Å². The van der Waals surface area contributed by atoms with Crippen molar-refractivity contribution in [2.24, 2.45) is 5.92 Å². The van der Waals surface area contributed by atoms with Gasteiger partial charge in [0.25, 0.3) is 0 Å². The lowest BCUT2D eigenvalue weighted by molar-refractivity contribution is -0.121. The number of carbonyl (C=O) groups excluding carboxylic acids is 1. The van der Waals surface area contributed by atoms with E-state index in [1.54, 1.807) is 7.05 Å². The zero-order chi connectivity index (χ0) is 11.9. The van der Waals surface area contributed by atoms with Crippen molar-refractivity contribution in [1.29, 1.82) is 0 Å². The normalized spacial score (nSPS) is 13.8. The highest BCUT2D eigenvalue weighted by Gasteiger charge is 2.16. The third-order valence-electron chi connectivity index (χ3n) is 2.23. The van der Waals surface area contributed by atoms with E-state index in [2.05, 4.69) is 5.32 Å². The molecule has 1 N–H and O–H groups in total. The molecule has 0 amide bonds. The second kappa shape index (κ2) is 6.95. The van der Waals surface area contributed by atoms with E-state index in [1.807, 2.05) is 13.8 Å². The van der Waals surface area contributed by atoms with E-state index in [1.165, 1.54) is 0 Å². The molecule has 0 radical (unpaired) electrons. The first-order chi connectivity index (χ1) is 6.93. The summed E-state index contributed by atoms with van der Waals surface area (Å²) >= 11 is 0. The van der Waals surface area contributed by atoms with Gasteiger partial charge in [0.2, 0.25) is 0 Å². The maximum absolute atomic E-state index is 11.5. The molecule has 0 spiro atoms. The molecule has 90 valence electrons. The lowest BCUT2D eigenvalue weighted by atomic mass is 10.1. The van der Waals surface area contributed by atoms with Gasteiger partial charge in [0, 0.05) is 24.6 Å². The number of Topliss-reactive ketones (excluding diaryl/α,β-unsaturated/α-hetero) is 1. The molecule has 0 aromatic heterocycles. The molecule has 0 aromatic carbocycles. The average Bonchev–Trinajstić information content (AvgIpc) is 2.14. The molecule has 1 unspecified atom stereocenters. The number of ketones is 1. The molecule has 0 bridgehead atoms. The maximum atomic E-state index is 11.5. The summed E-state index contributed by atoms with van der Waals surface area (Å²) in [6.07, 6.45) is 0.758. The van der Waals surface area contributed by atoms with E-state index >= 15 is 0 Å². The third-order valence-corrected chi connectivity index (χ3v) is 4.09. The molecule has 5 heteroatoms. The Morgan fingerprint density at radius 1 is 1.33 bits per heavy atom. The summed E-state index contributed by atoms with van der Waals surface area (Å²) in [7, 11) is -1.24. The first-order valence-corrected chi connectivity index (χ1v) is 7.12. The van der Waals surface area contributed by atoms with Crippen LogP contribution in [0.5, 0.6) is 0 Å². The Hall–Kier alpha value is -0.420. The zero-order valence-corrected chi connectivity index (χ0v) is 10.6. The van der Waals surface area contributed by atoms with Crippen LogP contribution in [0.4, 0.5) is 0 Å². The molecule has 4 nitrogen and oxygen atoms in total. The Morgan fingerprint density at radius 2 is 1.93 bits per heavy atom. The Morgan fingerprint density at radius 3 is 2.40 bits per heavy atom. The SMILES string of the molecule is CCCS(=O)(=O)CCC(=O)C(C)CNC. The Balaban J connectivity index is 4.00. The monoisotopic (exact) mass is 235 g/mol. The fourth-order valence-corrected chi connectivity index (χ4v) is 2.67. The van der Waals surface area contributed by atoms with Crippen LogP contribution in [0.1, 0.15) is 26.7 Å². The molecule has 1 atom stereocenters. The predicted molar refractivity (Wildman–Crippen MR) is 61.7 cm³/mol. The van der Waals surface area contributed by atoms with E-state index in [9.17, 15) is 13.2 Å². The number of hydrogen-bond acceptors (Lipinski definition) is 4. The van der Waals surface area contributed by atoms with Gasteiger partial charge in [-0.3, -0.25) is 4.79 Å². The third kappa shape index (κ3) is 6.62. The molecule has 0 heterocycles. The van der Waals surface area contributed by atoms with Crippen LogP contribution in [-0.4, -0.2) is 39.3 Å². The predicted octanol–water partition coefficient (Wildman–Crippen LogP) is 0.626. The van der Waals surface area contributed by atoms with Crippen LogP contribution in [0.3, 0.4) is 0 Å². The van der Waals surface area contributed by atoms with E-state index in [0.717, 1.165) is 0 Å². The fraction of sp³-hybridized carbons (Fsp3) is 0.900. The molecule has 0 fully saturated rings. The lowest BCUT2D eigenvalue weighted by Gasteiger charge is -2.09. The van der Waals surface area contributed by atoms with Crippen molar-refractivity contribution in [1.82, 2.24) is 5.32 Å². The number of carbonyl (C=O) groups is 1. The molecule has 0 rings (SSSR count). The topological polar surface area (TPSA) is 63.2 Å². The van der Waals surface area contributed by atoms with Gasteiger partial charge in [-0.15, -0.1) is 0 Å². The Kier molecular flexibility index (Phi) is 6.76. The van der Waals surface area contributed by atoms with Crippen molar-refractivity contribution in [2.75, 3.05) is 25.1 Å². The van der Waals surface area contributed by atoms with Crippen molar-refractivity contribution in [2.45, 2.75) is 26.7 Å². The second-order valence-electron chi connectivity index (χ2n) is 3.83. The number of nitrogens with one attached hydrogen (secondary N) is 1. The van der Waals surface area contributed by atoms with Crippen LogP contribution in [0.2, 0.25) is 0 Å². The standard InChI is InChI=1S/C10H21NO3S/c1-4-6-15(13,14)7-5-10(12)9(2)8-11-3/h9,11H,4-8H2,1-3H3. The first kappa shape index (κ1) is 14.6. The van der Waals surface area contributed by atoms with E-state index in [0.29, 0.717) is 13.0 Å².